The lowest BCUT2D eigenvalue weighted by Gasteiger charge is -2.13. The van der Waals surface area contributed by atoms with E-state index in [1.807, 2.05) is 19.1 Å². The van der Waals surface area contributed by atoms with Crippen LogP contribution in [0.4, 0.5) is 4.39 Å². The van der Waals surface area contributed by atoms with E-state index in [1.165, 1.54) is 30.1 Å². The maximum absolute atomic E-state index is 13.2. The molecule has 0 spiro atoms. The third-order valence-electron chi connectivity index (χ3n) is 5.22. The van der Waals surface area contributed by atoms with E-state index in [-0.39, 0.29) is 18.0 Å². The van der Waals surface area contributed by atoms with Crippen LogP contribution in [0.1, 0.15) is 30.3 Å². The van der Waals surface area contributed by atoms with E-state index < -0.39 is 0 Å². The van der Waals surface area contributed by atoms with Crippen molar-refractivity contribution >= 4 is 44.6 Å². The number of methoxy groups -OCH3 is 1. The highest BCUT2D eigenvalue weighted by molar-refractivity contribution is 9.10. The zero-order valence-electron chi connectivity index (χ0n) is 19.1. The Labute approximate surface area is 215 Å². The Kier molecular flexibility index (Phi) is 7.83. The van der Waals surface area contributed by atoms with Gasteiger partial charge >= 0.3 is 0 Å². The summed E-state index contributed by atoms with van der Waals surface area (Å²) in [5.41, 5.74) is 1.77. The smallest absolute Gasteiger partial charge is 0.282 e. The van der Waals surface area contributed by atoms with Crippen LogP contribution < -0.4 is 15.0 Å². The average Bonchev–Trinajstić information content (AvgIpc) is 2.84. The lowest BCUT2D eigenvalue weighted by molar-refractivity contribution is 0.284. The molecule has 1 heterocycles. The number of nitrogens with zero attached hydrogens (tertiary/aromatic N) is 3. The predicted molar refractivity (Wildman–Crippen MR) is 139 cm³/mol. The molecule has 0 atom stereocenters. The number of fused-ring (bicyclic) bond motifs is 1. The number of hydrogen-bond donors (Lipinski definition) is 0. The number of aryl methyl sites for hydroxylation is 1. The SMILES string of the molecule is CCCc1nc2ccc(Br)cc2c(=O)n1N=Cc1cc(Cl)c(OCc2ccc(F)cc2)c(OC)c1. The van der Waals surface area contributed by atoms with E-state index in [1.54, 1.807) is 30.3 Å². The van der Waals surface area contributed by atoms with Crippen LogP contribution in [0.15, 0.2) is 69.0 Å². The summed E-state index contributed by atoms with van der Waals surface area (Å²) in [7, 11) is 1.51. The van der Waals surface area contributed by atoms with Gasteiger partial charge in [-0.3, -0.25) is 4.79 Å². The summed E-state index contributed by atoms with van der Waals surface area (Å²) in [5.74, 6) is 1.02. The van der Waals surface area contributed by atoms with Gasteiger partial charge in [0.05, 0.1) is 29.2 Å². The van der Waals surface area contributed by atoms with E-state index >= 15 is 0 Å². The Balaban J connectivity index is 1.66. The molecule has 35 heavy (non-hydrogen) atoms. The quantitative estimate of drug-likeness (QED) is 0.236. The fourth-order valence-corrected chi connectivity index (χ4v) is 4.15. The third-order valence-corrected chi connectivity index (χ3v) is 5.99. The normalized spacial score (nSPS) is 11.3. The van der Waals surface area contributed by atoms with Crippen LogP contribution in [0.3, 0.4) is 0 Å². The first kappa shape index (κ1) is 24.9. The average molecular weight is 559 g/mol. The molecule has 0 unspecified atom stereocenters. The van der Waals surface area contributed by atoms with E-state index in [2.05, 4.69) is 26.0 Å². The lowest BCUT2D eigenvalue weighted by Crippen LogP contribution is -2.22. The maximum atomic E-state index is 13.2. The fraction of sp³-hybridized carbons (Fsp3) is 0.192. The molecule has 0 amide bonds. The van der Waals surface area contributed by atoms with Crippen LogP contribution in [-0.2, 0) is 13.0 Å². The number of ether oxygens (including phenoxy) is 2. The summed E-state index contributed by atoms with van der Waals surface area (Å²) < 4.78 is 26.5. The van der Waals surface area contributed by atoms with Gasteiger partial charge in [0, 0.05) is 10.9 Å². The molecule has 0 aliphatic carbocycles. The zero-order valence-corrected chi connectivity index (χ0v) is 21.4. The number of aromatic nitrogens is 2. The summed E-state index contributed by atoms with van der Waals surface area (Å²) in [4.78, 5) is 17.8. The second kappa shape index (κ2) is 11.0. The number of benzene rings is 3. The van der Waals surface area contributed by atoms with Gasteiger partial charge in [-0.15, -0.1) is 0 Å². The van der Waals surface area contributed by atoms with Crippen LogP contribution in [0.25, 0.3) is 10.9 Å². The van der Waals surface area contributed by atoms with Crippen molar-refractivity contribution in [2.75, 3.05) is 7.11 Å². The van der Waals surface area contributed by atoms with Gasteiger partial charge in [-0.1, -0.05) is 46.6 Å². The summed E-state index contributed by atoms with van der Waals surface area (Å²) in [6, 6.07) is 14.8. The molecule has 0 fully saturated rings. The Morgan fingerprint density at radius 1 is 1.17 bits per heavy atom. The van der Waals surface area contributed by atoms with E-state index in [0.717, 1.165) is 16.5 Å². The fourth-order valence-electron chi connectivity index (χ4n) is 3.51. The molecule has 0 radical (unpaired) electrons. The monoisotopic (exact) mass is 557 g/mol. The summed E-state index contributed by atoms with van der Waals surface area (Å²) in [6.07, 6.45) is 2.94. The number of halogens is 3. The second-order valence-electron chi connectivity index (χ2n) is 7.75. The van der Waals surface area contributed by atoms with E-state index in [9.17, 15) is 9.18 Å². The topological polar surface area (TPSA) is 65.7 Å². The largest absolute Gasteiger partial charge is 0.493 e. The number of rotatable bonds is 8. The van der Waals surface area contributed by atoms with E-state index in [4.69, 9.17) is 21.1 Å². The highest BCUT2D eigenvalue weighted by Crippen LogP contribution is 2.36. The molecule has 0 aliphatic heterocycles. The maximum Gasteiger partial charge on any atom is 0.282 e. The van der Waals surface area contributed by atoms with Crippen LogP contribution in [0, 0.1) is 5.82 Å². The molecule has 9 heteroatoms. The van der Waals surface area contributed by atoms with Crippen molar-refractivity contribution in [3.05, 3.63) is 97.2 Å². The highest BCUT2D eigenvalue weighted by atomic mass is 79.9. The molecule has 4 aromatic rings. The highest BCUT2D eigenvalue weighted by Gasteiger charge is 2.14. The van der Waals surface area contributed by atoms with Crippen molar-refractivity contribution in [2.45, 2.75) is 26.4 Å². The molecule has 0 aliphatic rings. The van der Waals surface area contributed by atoms with Crippen molar-refractivity contribution in [2.24, 2.45) is 5.10 Å². The third kappa shape index (κ3) is 5.71. The molecule has 1 aromatic heterocycles. The molecule has 180 valence electrons. The first-order chi connectivity index (χ1) is 16.9. The molecule has 0 saturated heterocycles. The summed E-state index contributed by atoms with van der Waals surface area (Å²) in [5, 5.41) is 5.22. The van der Waals surface area contributed by atoms with Crippen LogP contribution in [-0.4, -0.2) is 23.0 Å². The molecule has 0 bridgehead atoms. The van der Waals surface area contributed by atoms with Gasteiger partial charge in [0.1, 0.15) is 18.2 Å². The van der Waals surface area contributed by atoms with Gasteiger partial charge in [0.15, 0.2) is 11.5 Å². The molecular weight excluding hydrogens is 537 g/mol. The minimum Gasteiger partial charge on any atom is -0.493 e. The van der Waals surface area contributed by atoms with Crippen molar-refractivity contribution in [1.82, 2.24) is 9.66 Å². The van der Waals surface area contributed by atoms with Gasteiger partial charge in [0.2, 0.25) is 0 Å². The molecular formula is C26H22BrClFN3O3. The van der Waals surface area contributed by atoms with Gasteiger partial charge in [0.25, 0.3) is 5.56 Å². The van der Waals surface area contributed by atoms with Gasteiger partial charge in [-0.2, -0.15) is 9.78 Å². The minimum absolute atomic E-state index is 0.192. The van der Waals surface area contributed by atoms with Crippen LogP contribution >= 0.6 is 27.5 Å². The Morgan fingerprint density at radius 3 is 2.66 bits per heavy atom. The summed E-state index contributed by atoms with van der Waals surface area (Å²) in [6.45, 7) is 2.21. The molecule has 3 aromatic carbocycles. The van der Waals surface area contributed by atoms with Crippen LogP contribution in [0.2, 0.25) is 5.02 Å². The molecule has 6 nitrogen and oxygen atoms in total. The van der Waals surface area contributed by atoms with Gasteiger partial charge in [-0.25, -0.2) is 9.37 Å². The van der Waals surface area contributed by atoms with Crippen molar-refractivity contribution < 1.29 is 13.9 Å². The van der Waals surface area contributed by atoms with Crippen molar-refractivity contribution in [3.63, 3.8) is 0 Å². The van der Waals surface area contributed by atoms with Gasteiger partial charge in [-0.05, 0) is 60.0 Å². The summed E-state index contributed by atoms with van der Waals surface area (Å²) >= 11 is 9.89. The molecule has 4 rings (SSSR count). The predicted octanol–water partition coefficient (Wildman–Crippen LogP) is 6.37. The standard InChI is InChI=1S/C26H22BrClFN3O3/c1-3-4-24-31-22-10-7-18(27)13-20(22)26(33)32(24)30-14-17-11-21(28)25(23(12-17)34-2)35-15-16-5-8-19(29)9-6-16/h5-14H,3-4,15H2,1-2H3. The van der Waals surface area contributed by atoms with Crippen molar-refractivity contribution in [3.8, 4) is 11.5 Å². The first-order valence-corrected chi connectivity index (χ1v) is 12.1. The second-order valence-corrected chi connectivity index (χ2v) is 9.07. The number of hydrogen-bond acceptors (Lipinski definition) is 5. The minimum atomic E-state index is -0.316. The van der Waals surface area contributed by atoms with Gasteiger partial charge < -0.3 is 9.47 Å². The molecule has 0 N–H and O–H groups in total. The zero-order chi connectivity index (χ0) is 24.9. The first-order valence-electron chi connectivity index (χ1n) is 10.9. The Hall–Kier alpha value is -3.23. The van der Waals surface area contributed by atoms with E-state index in [0.29, 0.717) is 45.2 Å². The van der Waals surface area contributed by atoms with Crippen LogP contribution in [0.5, 0.6) is 11.5 Å². The lowest BCUT2D eigenvalue weighted by atomic mass is 10.2. The Morgan fingerprint density at radius 2 is 1.94 bits per heavy atom. The van der Waals surface area contributed by atoms with Crippen molar-refractivity contribution in [1.29, 1.82) is 0 Å². The molecule has 0 saturated carbocycles. The Bertz CT molecular complexity index is 1460.